The minimum absolute atomic E-state index is 0.136. The molecule has 0 radical (unpaired) electrons. The number of halogens is 2. The van der Waals surface area contributed by atoms with E-state index < -0.39 is 13.0 Å². The number of alkyl halides is 2. The Bertz CT molecular complexity index is 361. The van der Waals surface area contributed by atoms with Crippen molar-refractivity contribution in [2.45, 2.75) is 6.43 Å². The third-order valence-corrected chi connectivity index (χ3v) is 2.31. The molecule has 0 amide bonds. The molecule has 96 valence electrons. The predicted molar refractivity (Wildman–Crippen MR) is 62.7 cm³/mol. The second kappa shape index (κ2) is 6.24. The molecule has 1 rings (SSSR count). The van der Waals surface area contributed by atoms with Gasteiger partial charge in [-0.25, -0.2) is 8.78 Å². The van der Waals surface area contributed by atoms with Gasteiger partial charge in [0.1, 0.15) is 5.75 Å². The van der Waals surface area contributed by atoms with E-state index in [1.807, 2.05) is 0 Å². The van der Waals surface area contributed by atoms with Gasteiger partial charge in [-0.15, -0.1) is 0 Å². The van der Waals surface area contributed by atoms with Crippen LogP contribution in [0, 0.1) is 0 Å². The molecule has 0 aromatic heterocycles. The van der Waals surface area contributed by atoms with Crippen molar-refractivity contribution in [3.05, 3.63) is 18.2 Å². The summed E-state index contributed by atoms with van der Waals surface area (Å²) >= 11 is 0. The topological polar surface area (TPSA) is 58.7 Å². The lowest BCUT2D eigenvalue weighted by Gasteiger charge is -2.24. The fourth-order valence-electron chi connectivity index (χ4n) is 1.51. The van der Waals surface area contributed by atoms with Gasteiger partial charge in [0.15, 0.2) is 0 Å². The van der Waals surface area contributed by atoms with Crippen LogP contribution in [0.5, 0.6) is 5.75 Å². The molecule has 3 N–H and O–H groups in total. The quantitative estimate of drug-likeness (QED) is 0.744. The summed E-state index contributed by atoms with van der Waals surface area (Å²) in [6, 6.07) is 4.78. The number of hydrogen-bond donors (Lipinski definition) is 2. The molecule has 0 unspecified atom stereocenters. The number of methoxy groups -OCH3 is 1. The van der Waals surface area contributed by atoms with Crippen LogP contribution in [0.25, 0.3) is 0 Å². The second-order valence-electron chi connectivity index (χ2n) is 3.49. The van der Waals surface area contributed by atoms with Crippen molar-refractivity contribution < 1.29 is 18.6 Å². The van der Waals surface area contributed by atoms with Crippen molar-refractivity contribution in [1.82, 2.24) is 0 Å². The normalized spacial score (nSPS) is 10.6. The SMILES string of the molecule is COc1cc(N(CCO)CC(F)F)ccc1N. The molecular weight excluding hydrogens is 230 g/mol. The summed E-state index contributed by atoms with van der Waals surface area (Å²) in [7, 11) is 1.46. The highest BCUT2D eigenvalue weighted by Gasteiger charge is 2.13. The third-order valence-electron chi connectivity index (χ3n) is 2.31. The zero-order chi connectivity index (χ0) is 12.8. The molecule has 0 spiro atoms. The first kappa shape index (κ1) is 13.5. The van der Waals surface area contributed by atoms with Crippen LogP contribution < -0.4 is 15.4 Å². The van der Waals surface area contributed by atoms with Gasteiger partial charge in [0, 0.05) is 18.3 Å². The smallest absolute Gasteiger partial charge is 0.255 e. The number of nitrogens with two attached hydrogens (primary N) is 1. The first-order chi connectivity index (χ1) is 8.08. The van der Waals surface area contributed by atoms with Gasteiger partial charge in [-0.2, -0.15) is 0 Å². The van der Waals surface area contributed by atoms with E-state index in [0.29, 0.717) is 17.1 Å². The lowest BCUT2D eigenvalue weighted by molar-refractivity contribution is 0.153. The van der Waals surface area contributed by atoms with Crippen molar-refractivity contribution in [2.75, 3.05) is 37.4 Å². The Kier molecular flexibility index (Phi) is 4.96. The summed E-state index contributed by atoms with van der Waals surface area (Å²) in [6.07, 6.45) is -2.47. The Balaban J connectivity index is 2.92. The van der Waals surface area contributed by atoms with E-state index in [1.54, 1.807) is 18.2 Å². The molecule has 4 nitrogen and oxygen atoms in total. The molecular formula is C11H16F2N2O2. The van der Waals surface area contributed by atoms with E-state index in [4.69, 9.17) is 15.6 Å². The first-order valence-corrected chi connectivity index (χ1v) is 5.16. The lowest BCUT2D eigenvalue weighted by atomic mass is 10.2. The summed E-state index contributed by atoms with van der Waals surface area (Å²) in [5.74, 6) is 0.430. The zero-order valence-electron chi connectivity index (χ0n) is 9.57. The molecule has 0 aliphatic carbocycles. The van der Waals surface area contributed by atoms with E-state index in [-0.39, 0.29) is 13.2 Å². The van der Waals surface area contributed by atoms with Crippen molar-refractivity contribution >= 4 is 11.4 Å². The Morgan fingerprint density at radius 1 is 1.47 bits per heavy atom. The summed E-state index contributed by atoms with van der Waals surface area (Å²) < 4.78 is 29.8. The van der Waals surface area contributed by atoms with Crippen LogP contribution in [0.3, 0.4) is 0 Å². The summed E-state index contributed by atoms with van der Waals surface area (Å²) in [5.41, 5.74) is 6.62. The molecule has 0 atom stereocenters. The largest absolute Gasteiger partial charge is 0.495 e. The number of ether oxygens (including phenoxy) is 1. The number of aliphatic hydroxyl groups excluding tert-OH is 1. The fourth-order valence-corrected chi connectivity index (χ4v) is 1.51. The molecule has 6 heteroatoms. The number of nitrogens with zero attached hydrogens (tertiary/aromatic N) is 1. The minimum Gasteiger partial charge on any atom is -0.495 e. The van der Waals surface area contributed by atoms with Crippen LogP contribution in [0.1, 0.15) is 0 Å². The lowest BCUT2D eigenvalue weighted by Crippen LogP contribution is -2.31. The average Bonchev–Trinajstić information content (AvgIpc) is 2.28. The highest BCUT2D eigenvalue weighted by Crippen LogP contribution is 2.27. The van der Waals surface area contributed by atoms with Gasteiger partial charge < -0.3 is 20.5 Å². The van der Waals surface area contributed by atoms with Crippen molar-refractivity contribution in [3.8, 4) is 5.75 Å². The van der Waals surface area contributed by atoms with E-state index in [1.165, 1.54) is 12.0 Å². The average molecular weight is 246 g/mol. The van der Waals surface area contributed by atoms with Gasteiger partial charge in [-0.05, 0) is 12.1 Å². The van der Waals surface area contributed by atoms with E-state index in [9.17, 15) is 8.78 Å². The fraction of sp³-hybridized carbons (Fsp3) is 0.455. The molecule has 17 heavy (non-hydrogen) atoms. The van der Waals surface area contributed by atoms with Gasteiger partial charge in [0.25, 0.3) is 6.43 Å². The highest BCUT2D eigenvalue weighted by molar-refractivity contribution is 5.62. The molecule has 0 saturated heterocycles. The third kappa shape index (κ3) is 3.74. The van der Waals surface area contributed by atoms with Crippen LogP contribution in [0.4, 0.5) is 20.2 Å². The number of rotatable bonds is 6. The number of aliphatic hydroxyl groups is 1. The van der Waals surface area contributed by atoms with Crippen LogP contribution >= 0.6 is 0 Å². The number of benzene rings is 1. The summed E-state index contributed by atoms with van der Waals surface area (Å²) in [6.45, 7) is -0.496. The van der Waals surface area contributed by atoms with Gasteiger partial charge in [0.2, 0.25) is 0 Å². The van der Waals surface area contributed by atoms with Crippen molar-refractivity contribution in [2.24, 2.45) is 0 Å². The zero-order valence-corrected chi connectivity index (χ0v) is 9.57. The highest BCUT2D eigenvalue weighted by atomic mass is 19.3. The van der Waals surface area contributed by atoms with Crippen LogP contribution in [-0.4, -0.2) is 38.3 Å². The number of nitrogen functional groups attached to an aromatic ring is 1. The Hall–Kier alpha value is -1.56. The predicted octanol–water partition coefficient (Wildman–Crippen LogP) is 1.34. The molecule has 0 aliphatic heterocycles. The molecule has 0 saturated carbocycles. The summed E-state index contributed by atoms with van der Waals surface area (Å²) in [4.78, 5) is 1.38. The monoisotopic (exact) mass is 246 g/mol. The number of hydrogen-bond acceptors (Lipinski definition) is 4. The molecule has 0 heterocycles. The first-order valence-electron chi connectivity index (χ1n) is 5.16. The molecule has 0 fully saturated rings. The molecule has 1 aromatic carbocycles. The van der Waals surface area contributed by atoms with Gasteiger partial charge >= 0.3 is 0 Å². The maximum Gasteiger partial charge on any atom is 0.255 e. The maximum atomic E-state index is 12.4. The Morgan fingerprint density at radius 3 is 2.71 bits per heavy atom. The molecule has 0 aliphatic rings. The van der Waals surface area contributed by atoms with E-state index in [0.717, 1.165) is 0 Å². The second-order valence-corrected chi connectivity index (χ2v) is 3.49. The standard InChI is InChI=1S/C11H16F2N2O2/c1-17-10-6-8(2-3-9(10)14)15(4-5-16)7-11(12)13/h2-3,6,11,16H,4-5,7,14H2,1H3. The van der Waals surface area contributed by atoms with Crippen LogP contribution in [0.15, 0.2) is 18.2 Å². The van der Waals surface area contributed by atoms with E-state index in [2.05, 4.69) is 0 Å². The van der Waals surface area contributed by atoms with Crippen LogP contribution in [0.2, 0.25) is 0 Å². The van der Waals surface area contributed by atoms with Gasteiger partial charge in [-0.3, -0.25) is 0 Å². The molecule has 1 aromatic rings. The molecule has 0 bridgehead atoms. The summed E-state index contributed by atoms with van der Waals surface area (Å²) in [5, 5.41) is 8.85. The van der Waals surface area contributed by atoms with Crippen molar-refractivity contribution in [3.63, 3.8) is 0 Å². The van der Waals surface area contributed by atoms with Gasteiger partial charge in [0.05, 0.1) is 25.9 Å². The minimum atomic E-state index is -2.47. The Labute approximate surface area is 98.6 Å². The Morgan fingerprint density at radius 2 is 2.18 bits per heavy atom. The van der Waals surface area contributed by atoms with Gasteiger partial charge in [-0.1, -0.05) is 0 Å². The number of anilines is 2. The van der Waals surface area contributed by atoms with E-state index >= 15 is 0 Å². The van der Waals surface area contributed by atoms with Crippen molar-refractivity contribution in [1.29, 1.82) is 0 Å². The van der Waals surface area contributed by atoms with Crippen LogP contribution in [-0.2, 0) is 0 Å². The maximum absolute atomic E-state index is 12.4.